The van der Waals surface area contributed by atoms with Crippen LogP contribution in [0.15, 0.2) is 24.3 Å². The number of rotatable bonds is 2. The van der Waals surface area contributed by atoms with Gasteiger partial charge in [-0.15, -0.1) is 0 Å². The third-order valence-corrected chi connectivity index (χ3v) is 5.60. The van der Waals surface area contributed by atoms with Gasteiger partial charge >= 0.3 is 0 Å². The molecule has 0 heterocycles. The molecule has 1 unspecified atom stereocenters. The maximum Gasteiger partial charge on any atom is 0.111 e. The zero-order valence-corrected chi connectivity index (χ0v) is 12.4. The van der Waals surface area contributed by atoms with Crippen molar-refractivity contribution in [2.75, 3.05) is 0 Å². The number of nitrogens with zero attached hydrogens (tertiary/aromatic N) is 1. The van der Waals surface area contributed by atoms with E-state index in [9.17, 15) is 10.4 Å². The van der Waals surface area contributed by atoms with Crippen LogP contribution in [0.3, 0.4) is 0 Å². The van der Waals surface area contributed by atoms with Crippen molar-refractivity contribution < 1.29 is 5.11 Å². The average molecular weight is 269 g/mol. The Morgan fingerprint density at radius 3 is 2.65 bits per heavy atom. The number of hydrogen-bond acceptors (Lipinski definition) is 2. The van der Waals surface area contributed by atoms with Crippen molar-refractivity contribution in [3.8, 4) is 6.07 Å². The van der Waals surface area contributed by atoms with Crippen molar-refractivity contribution >= 4 is 0 Å². The lowest BCUT2D eigenvalue weighted by atomic mass is 9.50. The fourth-order valence-electron chi connectivity index (χ4n) is 4.16. The number of benzene rings is 1. The molecule has 106 valence electrons. The highest BCUT2D eigenvalue weighted by atomic mass is 16.3. The van der Waals surface area contributed by atoms with E-state index in [0.717, 1.165) is 37.7 Å². The zero-order chi connectivity index (χ0) is 14.4. The van der Waals surface area contributed by atoms with Crippen LogP contribution in [0.4, 0.5) is 0 Å². The molecule has 2 nitrogen and oxygen atoms in total. The van der Waals surface area contributed by atoms with Gasteiger partial charge in [-0.25, -0.2) is 0 Å². The summed E-state index contributed by atoms with van der Waals surface area (Å²) < 4.78 is 0. The van der Waals surface area contributed by atoms with Crippen LogP contribution in [0.2, 0.25) is 0 Å². The third-order valence-electron chi connectivity index (χ3n) is 5.60. The Bertz CT molecular complexity index is 551. The van der Waals surface area contributed by atoms with Crippen molar-refractivity contribution in [3.05, 3.63) is 35.4 Å². The van der Waals surface area contributed by atoms with Gasteiger partial charge in [-0.2, -0.15) is 5.26 Å². The first kappa shape index (κ1) is 13.6. The molecule has 2 aliphatic carbocycles. The molecule has 20 heavy (non-hydrogen) atoms. The van der Waals surface area contributed by atoms with Gasteiger partial charge in [0.25, 0.3) is 0 Å². The summed E-state index contributed by atoms with van der Waals surface area (Å²) in [6.07, 6.45) is 4.36. The van der Waals surface area contributed by atoms with E-state index in [1.54, 1.807) is 0 Å². The quantitative estimate of drug-likeness (QED) is 0.891. The number of hydrogen-bond donors (Lipinski definition) is 1. The minimum Gasteiger partial charge on any atom is -0.388 e. The van der Waals surface area contributed by atoms with Crippen LogP contribution in [-0.2, 0) is 11.8 Å². The standard InChI is InChI=1S/C18H23NO/c1-13(2)15-10-18(20,11-15)17(12-19)9-5-7-14-6-3-4-8-16(14)17/h3-4,6,8,13,15,20H,5,7,9-11H2,1-2H3. The molecular weight excluding hydrogens is 246 g/mol. The van der Waals surface area contributed by atoms with Crippen LogP contribution >= 0.6 is 0 Å². The molecule has 0 aliphatic heterocycles. The van der Waals surface area contributed by atoms with E-state index in [1.165, 1.54) is 5.56 Å². The topological polar surface area (TPSA) is 44.0 Å². The monoisotopic (exact) mass is 269 g/mol. The number of aryl methyl sites for hydroxylation is 1. The Morgan fingerprint density at radius 2 is 2.00 bits per heavy atom. The first-order valence-corrected chi connectivity index (χ1v) is 7.74. The van der Waals surface area contributed by atoms with E-state index in [1.807, 2.05) is 12.1 Å². The number of fused-ring (bicyclic) bond motifs is 1. The van der Waals surface area contributed by atoms with Gasteiger partial charge in [-0.1, -0.05) is 38.1 Å². The number of aliphatic hydroxyl groups is 1. The summed E-state index contributed by atoms with van der Waals surface area (Å²) in [7, 11) is 0. The molecule has 0 spiro atoms. The second-order valence-electron chi connectivity index (χ2n) is 6.97. The van der Waals surface area contributed by atoms with Crippen molar-refractivity contribution in [1.29, 1.82) is 5.26 Å². The SMILES string of the molecule is CC(C)C1CC(O)(C2(C#N)CCCc3ccccc32)C1. The highest BCUT2D eigenvalue weighted by Gasteiger charge is 2.60. The minimum atomic E-state index is -0.826. The average Bonchev–Trinajstić information content (AvgIpc) is 2.42. The molecule has 0 aromatic heterocycles. The molecule has 0 amide bonds. The van der Waals surface area contributed by atoms with Gasteiger partial charge in [0.2, 0.25) is 0 Å². The third kappa shape index (κ3) is 1.73. The van der Waals surface area contributed by atoms with Crippen LogP contribution < -0.4 is 0 Å². The summed E-state index contributed by atoms with van der Waals surface area (Å²) in [4.78, 5) is 0. The fourth-order valence-corrected chi connectivity index (χ4v) is 4.16. The van der Waals surface area contributed by atoms with E-state index < -0.39 is 11.0 Å². The van der Waals surface area contributed by atoms with Crippen LogP contribution in [0.1, 0.15) is 50.7 Å². The summed E-state index contributed by atoms with van der Waals surface area (Å²) in [6, 6.07) is 10.7. The van der Waals surface area contributed by atoms with Gasteiger partial charge in [0.05, 0.1) is 11.7 Å². The van der Waals surface area contributed by atoms with Gasteiger partial charge < -0.3 is 5.11 Å². The maximum atomic E-state index is 11.1. The molecule has 2 heteroatoms. The molecule has 1 atom stereocenters. The molecule has 1 aromatic carbocycles. The first-order valence-electron chi connectivity index (χ1n) is 7.74. The van der Waals surface area contributed by atoms with Crippen molar-refractivity contribution in [2.45, 2.75) is 57.0 Å². The Balaban J connectivity index is 2.01. The Kier molecular flexibility index (Phi) is 3.14. The van der Waals surface area contributed by atoms with Gasteiger partial charge in [0, 0.05) is 0 Å². The molecule has 0 radical (unpaired) electrons. The second-order valence-corrected chi connectivity index (χ2v) is 6.97. The second kappa shape index (κ2) is 4.60. The minimum absolute atomic E-state index is 0.555. The van der Waals surface area contributed by atoms with Crippen LogP contribution in [0.5, 0.6) is 0 Å². The fraction of sp³-hybridized carbons (Fsp3) is 0.611. The molecule has 2 aliphatic rings. The summed E-state index contributed by atoms with van der Waals surface area (Å²) in [5, 5.41) is 21.0. The van der Waals surface area contributed by atoms with E-state index in [0.29, 0.717) is 11.8 Å². The smallest absolute Gasteiger partial charge is 0.111 e. The predicted molar refractivity (Wildman–Crippen MR) is 79.2 cm³/mol. The normalized spacial score (nSPS) is 36.0. The molecule has 1 fully saturated rings. The van der Waals surface area contributed by atoms with Gasteiger partial charge in [0.1, 0.15) is 5.41 Å². The number of nitriles is 1. The summed E-state index contributed by atoms with van der Waals surface area (Å²) in [5.41, 5.74) is 0.820. The summed E-state index contributed by atoms with van der Waals surface area (Å²) in [6.45, 7) is 4.41. The largest absolute Gasteiger partial charge is 0.388 e. The molecule has 1 saturated carbocycles. The van der Waals surface area contributed by atoms with Gasteiger partial charge in [0.15, 0.2) is 0 Å². The van der Waals surface area contributed by atoms with Gasteiger partial charge in [-0.05, 0) is 55.1 Å². The molecule has 0 saturated heterocycles. The van der Waals surface area contributed by atoms with Crippen LogP contribution in [0, 0.1) is 23.2 Å². The highest BCUT2D eigenvalue weighted by molar-refractivity contribution is 5.46. The van der Waals surface area contributed by atoms with Crippen molar-refractivity contribution in [2.24, 2.45) is 11.8 Å². The van der Waals surface area contributed by atoms with E-state index >= 15 is 0 Å². The van der Waals surface area contributed by atoms with Crippen molar-refractivity contribution in [3.63, 3.8) is 0 Å². The molecule has 1 aromatic rings. The predicted octanol–water partition coefficient (Wildman–Crippen LogP) is 3.58. The van der Waals surface area contributed by atoms with Gasteiger partial charge in [-0.3, -0.25) is 0 Å². The lowest BCUT2D eigenvalue weighted by Crippen LogP contribution is -2.60. The maximum absolute atomic E-state index is 11.1. The lowest BCUT2D eigenvalue weighted by molar-refractivity contribution is -0.131. The Morgan fingerprint density at radius 1 is 1.30 bits per heavy atom. The molecule has 3 rings (SSSR count). The van der Waals surface area contributed by atoms with E-state index in [2.05, 4.69) is 32.0 Å². The summed E-state index contributed by atoms with van der Waals surface area (Å²) in [5.74, 6) is 1.14. The van der Waals surface area contributed by atoms with Crippen molar-refractivity contribution in [1.82, 2.24) is 0 Å². The Hall–Kier alpha value is -1.33. The molecule has 1 N–H and O–H groups in total. The van der Waals surface area contributed by atoms with E-state index in [4.69, 9.17) is 0 Å². The van der Waals surface area contributed by atoms with E-state index in [-0.39, 0.29) is 0 Å². The van der Waals surface area contributed by atoms with Crippen LogP contribution in [-0.4, -0.2) is 10.7 Å². The highest BCUT2D eigenvalue weighted by Crippen LogP contribution is 2.56. The first-order chi connectivity index (χ1) is 9.52. The zero-order valence-electron chi connectivity index (χ0n) is 12.4. The summed E-state index contributed by atoms with van der Waals surface area (Å²) >= 11 is 0. The van der Waals surface area contributed by atoms with Crippen LogP contribution in [0.25, 0.3) is 0 Å². The molecular formula is C18H23NO. The lowest BCUT2D eigenvalue weighted by Gasteiger charge is -2.55. The Labute approximate surface area is 121 Å². The molecule has 0 bridgehead atoms.